The highest BCUT2D eigenvalue weighted by Gasteiger charge is 2.22. The number of pyridine rings is 1. The lowest BCUT2D eigenvalue weighted by atomic mass is 10.2. The standard InChI is InChI=1S/C19H27N5OS/c1-4-15-13-26-18(22-15)11-21-19(25)14-7-8-17(20-10-14)24(3)12-16-6-5-9-23(16)2/h7-8,10,13,16H,4-6,9,11-12H2,1-3H3,(H,21,25). The lowest BCUT2D eigenvalue weighted by Gasteiger charge is -2.26. The van der Waals surface area contributed by atoms with Gasteiger partial charge in [0.15, 0.2) is 0 Å². The Morgan fingerprint density at radius 2 is 2.31 bits per heavy atom. The molecule has 3 rings (SSSR count). The summed E-state index contributed by atoms with van der Waals surface area (Å²) in [4.78, 5) is 25.8. The Morgan fingerprint density at radius 3 is 2.92 bits per heavy atom. The molecule has 2 aromatic heterocycles. The van der Waals surface area contributed by atoms with Crippen LogP contribution in [-0.4, -0.2) is 54.0 Å². The highest BCUT2D eigenvalue weighted by atomic mass is 32.1. The van der Waals surface area contributed by atoms with Crippen LogP contribution in [0.15, 0.2) is 23.7 Å². The maximum absolute atomic E-state index is 12.3. The van der Waals surface area contributed by atoms with Crippen LogP contribution in [0.5, 0.6) is 0 Å². The molecule has 2 aromatic rings. The topological polar surface area (TPSA) is 61.4 Å². The smallest absolute Gasteiger partial charge is 0.253 e. The third-order valence-electron chi connectivity index (χ3n) is 4.92. The second-order valence-electron chi connectivity index (χ2n) is 6.83. The summed E-state index contributed by atoms with van der Waals surface area (Å²) in [5.41, 5.74) is 1.65. The molecule has 1 N–H and O–H groups in total. The third-order valence-corrected chi connectivity index (χ3v) is 5.82. The van der Waals surface area contributed by atoms with E-state index in [1.54, 1.807) is 17.5 Å². The van der Waals surface area contributed by atoms with E-state index in [1.165, 1.54) is 19.4 Å². The molecule has 1 saturated heterocycles. The molecule has 3 heterocycles. The summed E-state index contributed by atoms with van der Waals surface area (Å²) in [5.74, 6) is 0.782. The van der Waals surface area contributed by atoms with Crippen LogP contribution in [0, 0.1) is 0 Å². The average Bonchev–Trinajstić information content (AvgIpc) is 3.29. The number of likely N-dealkylation sites (N-methyl/N-ethyl adjacent to an activating group) is 2. The molecule has 0 bridgehead atoms. The van der Waals surface area contributed by atoms with E-state index >= 15 is 0 Å². The molecule has 0 saturated carbocycles. The number of carbonyl (C=O) groups excluding carboxylic acids is 1. The van der Waals surface area contributed by atoms with Crippen LogP contribution in [0.3, 0.4) is 0 Å². The van der Waals surface area contributed by atoms with Crippen LogP contribution >= 0.6 is 11.3 Å². The molecule has 1 aliphatic heterocycles. The summed E-state index contributed by atoms with van der Waals surface area (Å²) in [6.45, 7) is 4.66. The molecule has 0 aliphatic carbocycles. The fourth-order valence-electron chi connectivity index (χ4n) is 3.22. The second kappa shape index (κ2) is 8.60. The van der Waals surface area contributed by atoms with Gasteiger partial charge in [0.05, 0.1) is 17.8 Å². The summed E-state index contributed by atoms with van der Waals surface area (Å²) < 4.78 is 0. The van der Waals surface area contributed by atoms with Gasteiger partial charge in [0.1, 0.15) is 10.8 Å². The van der Waals surface area contributed by atoms with Crippen molar-refractivity contribution < 1.29 is 4.79 Å². The monoisotopic (exact) mass is 373 g/mol. The summed E-state index contributed by atoms with van der Waals surface area (Å²) >= 11 is 1.58. The van der Waals surface area contributed by atoms with Crippen LogP contribution in [0.4, 0.5) is 5.82 Å². The number of thiazole rings is 1. The Kier molecular flexibility index (Phi) is 6.21. The molecular weight excluding hydrogens is 346 g/mol. The number of likely N-dealkylation sites (tertiary alicyclic amines) is 1. The fraction of sp³-hybridized carbons (Fsp3) is 0.526. The van der Waals surface area contributed by atoms with Crippen molar-refractivity contribution in [1.29, 1.82) is 0 Å². The molecule has 0 aromatic carbocycles. The van der Waals surface area contributed by atoms with Gasteiger partial charge < -0.3 is 15.1 Å². The van der Waals surface area contributed by atoms with Crippen molar-refractivity contribution in [3.63, 3.8) is 0 Å². The molecule has 1 aliphatic rings. The molecular formula is C19H27N5OS. The van der Waals surface area contributed by atoms with Gasteiger partial charge in [-0.25, -0.2) is 9.97 Å². The van der Waals surface area contributed by atoms with Crippen molar-refractivity contribution in [2.24, 2.45) is 0 Å². The van der Waals surface area contributed by atoms with E-state index in [9.17, 15) is 4.79 Å². The van der Waals surface area contributed by atoms with Crippen LogP contribution < -0.4 is 10.2 Å². The zero-order valence-corrected chi connectivity index (χ0v) is 16.6. The van der Waals surface area contributed by atoms with Gasteiger partial charge in [-0.05, 0) is 45.0 Å². The Morgan fingerprint density at radius 1 is 1.46 bits per heavy atom. The Balaban J connectivity index is 1.53. The first-order valence-electron chi connectivity index (χ1n) is 9.15. The van der Waals surface area contributed by atoms with E-state index in [1.807, 2.05) is 17.5 Å². The number of rotatable bonds is 7. The van der Waals surface area contributed by atoms with E-state index < -0.39 is 0 Å². The van der Waals surface area contributed by atoms with Gasteiger partial charge in [-0.15, -0.1) is 11.3 Å². The first-order chi connectivity index (χ1) is 12.6. The number of anilines is 1. The van der Waals surface area contributed by atoms with Crippen LogP contribution in [0.1, 0.15) is 40.8 Å². The van der Waals surface area contributed by atoms with E-state index in [0.717, 1.165) is 29.5 Å². The Labute approximate surface area is 159 Å². The maximum atomic E-state index is 12.3. The minimum Gasteiger partial charge on any atom is -0.358 e. The van der Waals surface area contributed by atoms with Crippen molar-refractivity contribution in [3.8, 4) is 0 Å². The van der Waals surface area contributed by atoms with Crippen molar-refractivity contribution in [2.45, 2.75) is 38.8 Å². The van der Waals surface area contributed by atoms with Crippen molar-refractivity contribution in [3.05, 3.63) is 40.0 Å². The number of amides is 1. The SMILES string of the molecule is CCc1csc(CNC(=O)c2ccc(N(C)CC3CCCN3C)nc2)n1. The van der Waals surface area contributed by atoms with E-state index in [2.05, 4.69) is 46.1 Å². The van der Waals surface area contributed by atoms with E-state index in [-0.39, 0.29) is 5.91 Å². The summed E-state index contributed by atoms with van der Waals surface area (Å²) in [6.07, 6.45) is 5.07. The highest BCUT2D eigenvalue weighted by molar-refractivity contribution is 7.09. The molecule has 7 heteroatoms. The molecule has 26 heavy (non-hydrogen) atoms. The van der Waals surface area contributed by atoms with Crippen LogP contribution in [0.2, 0.25) is 0 Å². The summed E-state index contributed by atoms with van der Waals surface area (Å²) in [7, 11) is 4.24. The molecule has 140 valence electrons. The largest absolute Gasteiger partial charge is 0.358 e. The predicted molar refractivity (Wildman–Crippen MR) is 106 cm³/mol. The van der Waals surface area contributed by atoms with Gasteiger partial charge >= 0.3 is 0 Å². The average molecular weight is 374 g/mol. The lowest BCUT2D eigenvalue weighted by Crippen LogP contribution is -2.37. The molecule has 1 fully saturated rings. The zero-order chi connectivity index (χ0) is 18.5. The number of hydrogen-bond acceptors (Lipinski definition) is 6. The van der Waals surface area contributed by atoms with Crippen molar-refractivity contribution >= 4 is 23.1 Å². The number of aryl methyl sites for hydroxylation is 1. The number of aromatic nitrogens is 2. The van der Waals surface area contributed by atoms with Gasteiger partial charge in [-0.3, -0.25) is 4.79 Å². The predicted octanol–water partition coefficient (Wildman–Crippen LogP) is 2.56. The lowest BCUT2D eigenvalue weighted by molar-refractivity contribution is 0.0950. The third kappa shape index (κ3) is 4.59. The molecule has 1 amide bonds. The zero-order valence-electron chi connectivity index (χ0n) is 15.7. The summed E-state index contributed by atoms with van der Waals surface area (Å²) in [5, 5.41) is 5.88. The highest BCUT2D eigenvalue weighted by Crippen LogP contribution is 2.18. The Bertz CT molecular complexity index is 730. The Hall–Kier alpha value is -1.99. The van der Waals surface area contributed by atoms with Crippen LogP contribution in [0.25, 0.3) is 0 Å². The number of nitrogens with zero attached hydrogens (tertiary/aromatic N) is 4. The normalized spacial score (nSPS) is 17.4. The number of hydrogen-bond donors (Lipinski definition) is 1. The maximum Gasteiger partial charge on any atom is 0.253 e. The molecule has 0 radical (unpaired) electrons. The molecule has 1 atom stereocenters. The van der Waals surface area contributed by atoms with Crippen molar-refractivity contribution in [1.82, 2.24) is 20.2 Å². The summed E-state index contributed by atoms with van der Waals surface area (Å²) in [6, 6.07) is 4.34. The van der Waals surface area contributed by atoms with Crippen molar-refractivity contribution in [2.75, 3.05) is 32.1 Å². The van der Waals surface area contributed by atoms with E-state index in [4.69, 9.17) is 0 Å². The van der Waals surface area contributed by atoms with Crippen LogP contribution in [-0.2, 0) is 13.0 Å². The second-order valence-corrected chi connectivity index (χ2v) is 7.77. The van der Waals surface area contributed by atoms with Gasteiger partial charge in [-0.2, -0.15) is 0 Å². The van der Waals surface area contributed by atoms with Gasteiger partial charge in [0.25, 0.3) is 5.91 Å². The minimum atomic E-state index is -0.115. The van der Waals surface area contributed by atoms with Gasteiger partial charge in [0.2, 0.25) is 0 Å². The van der Waals surface area contributed by atoms with Gasteiger partial charge in [-0.1, -0.05) is 6.92 Å². The van der Waals surface area contributed by atoms with E-state index in [0.29, 0.717) is 18.2 Å². The first-order valence-corrected chi connectivity index (χ1v) is 10.0. The first kappa shape index (κ1) is 18.8. The number of carbonyl (C=O) groups is 1. The molecule has 1 unspecified atom stereocenters. The minimum absolute atomic E-state index is 0.115. The molecule has 0 spiro atoms. The molecule has 6 nitrogen and oxygen atoms in total. The van der Waals surface area contributed by atoms with Gasteiger partial charge in [0, 0.05) is 31.2 Å². The fourth-order valence-corrected chi connectivity index (χ4v) is 4.03. The quantitative estimate of drug-likeness (QED) is 0.808. The number of nitrogens with one attached hydrogen (secondary N) is 1.